The molecular formula is C13H13F3N2OS. The normalized spacial score (nSPS) is 12.7. The molecule has 108 valence electrons. The van der Waals surface area contributed by atoms with Crippen LogP contribution in [0.4, 0.5) is 13.2 Å². The predicted octanol–water partition coefficient (Wildman–Crippen LogP) is 3.15. The molecule has 0 saturated carbocycles. The largest absolute Gasteiger partial charge is 0.417 e. The predicted molar refractivity (Wildman–Crippen MR) is 70.2 cm³/mol. The molecule has 20 heavy (non-hydrogen) atoms. The third-order valence-electron chi connectivity index (χ3n) is 2.52. The van der Waals surface area contributed by atoms with Crippen LogP contribution in [0.25, 0.3) is 0 Å². The molecule has 0 fully saturated rings. The number of nitriles is 1. The number of hydrogen-bond acceptors (Lipinski definition) is 3. The van der Waals surface area contributed by atoms with Gasteiger partial charge in [0.05, 0.1) is 22.4 Å². The zero-order valence-electron chi connectivity index (χ0n) is 11.2. The average molecular weight is 302 g/mol. The molecule has 0 radical (unpaired) electrons. The van der Waals surface area contributed by atoms with Crippen LogP contribution in [0, 0.1) is 11.3 Å². The van der Waals surface area contributed by atoms with E-state index in [1.165, 1.54) is 17.0 Å². The van der Waals surface area contributed by atoms with Crippen molar-refractivity contribution in [3.8, 4) is 6.07 Å². The van der Waals surface area contributed by atoms with E-state index >= 15 is 0 Å². The fraction of sp³-hybridized carbons (Fsp3) is 0.385. The van der Waals surface area contributed by atoms with E-state index in [9.17, 15) is 18.0 Å². The summed E-state index contributed by atoms with van der Waals surface area (Å²) >= 11 is 1.03. The molecule has 0 unspecified atom stereocenters. The lowest BCUT2D eigenvalue weighted by Crippen LogP contribution is -2.29. The molecule has 1 rings (SSSR count). The lowest BCUT2D eigenvalue weighted by atomic mass is 10.1. The molecular weight excluding hydrogens is 289 g/mol. The number of halogens is 3. The van der Waals surface area contributed by atoms with Crippen LogP contribution >= 0.6 is 11.8 Å². The first-order chi connectivity index (χ1) is 9.16. The third-order valence-corrected chi connectivity index (χ3v) is 3.60. The van der Waals surface area contributed by atoms with Crippen molar-refractivity contribution >= 4 is 17.7 Å². The van der Waals surface area contributed by atoms with Crippen molar-refractivity contribution < 1.29 is 18.0 Å². The molecule has 1 amide bonds. The van der Waals surface area contributed by atoms with E-state index in [0.29, 0.717) is 4.90 Å². The number of carbonyl (C=O) groups excluding carboxylic acids is 1. The Hall–Kier alpha value is -1.68. The molecule has 0 saturated heterocycles. The highest BCUT2D eigenvalue weighted by Gasteiger charge is 2.34. The van der Waals surface area contributed by atoms with Gasteiger partial charge in [-0.15, -0.1) is 11.8 Å². The van der Waals surface area contributed by atoms with Crippen LogP contribution in [-0.2, 0) is 11.0 Å². The SMILES string of the molecule is C[C@H](Sc1ccc(C#N)c(C(F)(F)F)c1)C(=O)N(C)C. The van der Waals surface area contributed by atoms with Crippen molar-refractivity contribution in [2.24, 2.45) is 0 Å². The highest BCUT2D eigenvalue weighted by molar-refractivity contribution is 8.00. The second kappa shape index (κ2) is 6.18. The van der Waals surface area contributed by atoms with Crippen molar-refractivity contribution in [1.82, 2.24) is 4.90 Å². The monoisotopic (exact) mass is 302 g/mol. The summed E-state index contributed by atoms with van der Waals surface area (Å²) in [6.07, 6.45) is -4.59. The van der Waals surface area contributed by atoms with E-state index in [1.807, 2.05) is 0 Å². The van der Waals surface area contributed by atoms with E-state index in [-0.39, 0.29) is 5.91 Å². The van der Waals surface area contributed by atoms with Gasteiger partial charge in [-0.2, -0.15) is 18.4 Å². The zero-order valence-corrected chi connectivity index (χ0v) is 12.0. The second-order valence-corrected chi connectivity index (χ2v) is 5.72. The van der Waals surface area contributed by atoms with Crippen LogP contribution < -0.4 is 0 Å². The molecule has 1 aromatic rings. The molecule has 3 nitrogen and oxygen atoms in total. The maximum absolute atomic E-state index is 12.8. The molecule has 0 spiro atoms. The fourth-order valence-corrected chi connectivity index (χ4v) is 2.60. The number of carbonyl (C=O) groups is 1. The first kappa shape index (κ1) is 16.4. The van der Waals surface area contributed by atoms with E-state index in [0.717, 1.165) is 23.9 Å². The molecule has 0 aliphatic heterocycles. The highest BCUT2D eigenvalue weighted by atomic mass is 32.2. The van der Waals surface area contributed by atoms with Gasteiger partial charge < -0.3 is 4.90 Å². The van der Waals surface area contributed by atoms with Gasteiger partial charge >= 0.3 is 6.18 Å². The molecule has 0 aliphatic rings. The molecule has 7 heteroatoms. The van der Waals surface area contributed by atoms with E-state index in [1.54, 1.807) is 21.0 Å². The van der Waals surface area contributed by atoms with Gasteiger partial charge in [0.1, 0.15) is 0 Å². The lowest BCUT2D eigenvalue weighted by Gasteiger charge is -2.17. The summed E-state index contributed by atoms with van der Waals surface area (Å²) in [6.45, 7) is 1.62. The summed E-state index contributed by atoms with van der Waals surface area (Å²) in [5.74, 6) is -0.187. The third kappa shape index (κ3) is 3.90. The fourth-order valence-electron chi connectivity index (χ4n) is 1.55. The quantitative estimate of drug-likeness (QED) is 0.806. The van der Waals surface area contributed by atoms with E-state index in [4.69, 9.17) is 5.26 Å². The topological polar surface area (TPSA) is 44.1 Å². The first-order valence-corrected chi connectivity index (χ1v) is 6.54. The van der Waals surface area contributed by atoms with Crippen molar-refractivity contribution in [3.63, 3.8) is 0 Å². The number of thioether (sulfide) groups is 1. The molecule has 0 aromatic heterocycles. The van der Waals surface area contributed by atoms with E-state index in [2.05, 4.69) is 0 Å². The number of amides is 1. The standard InChI is InChI=1S/C13H13F3N2OS/c1-8(12(19)18(2)3)20-10-5-4-9(7-17)11(6-10)13(14,15)16/h4-6,8H,1-3H3/t8-/m0/s1. The Balaban J connectivity index is 3.05. The molecule has 0 N–H and O–H groups in total. The number of hydrogen-bond donors (Lipinski definition) is 0. The molecule has 0 heterocycles. The van der Waals surface area contributed by atoms with Crippen LogP contribution in [-0.4, -0.2) is 30.2 Å². The Kier molecular flexibility index (Phi) is 5.06. The Morgan fingerprint density at radius 2 is 2.00 bits per heavy atom. The molecule has 1 aromatic carbocycles. The number of rotatable bonds is 3. The maximum atomic E-state index is 12.8. The van der Waals surface area contributed by atoms with E-state index < -0.39 is 22.6 Å². The Bertz CT molecular complexity index is 550. The molecule has 0 aliphatic carbocycles. The Morgan fingerprint density at radius 3 is 2.45 bits per heavy atom. The van der Waals surface area contributed by atoms with Gasteiger partial charge in [0.15, 0.2) is 0 Å². The van der Waals surface area contributed by atoms with Crippen molar-refractivity contribution in [3.05, 3.63) is 29.3 Å². The van der Waals surface area contributed by atoms with Crippen LogP contribution in [0.3, 0.4) is 0 Å². The minimum absolute atomic E-state index is 0.187. The zero-order chi connectivity index (χ0) is 15.5. The molecule has 0 bridgehead atoms. The highest BCUT2D eigenvalue weighted by Crippen LogP contribution is 2.35. The summed E-state index contributed by atoms with van der Waals surface area (Å²) in [5.41, 5.74) is -1.40. The number of benzene rings is 1. The van der Waals surface area contributed by atoms with Crippen molar-refractivity contribution in [2.45, 2.75) is 23.2 Å². The summed E-state index contributed by atoms with van der Waals surface area (Å²) in [4.78, 5) is 13.4. The van der Waals surface area contributed by atoms with Gasteiger partial charge in [0.25, 0.3) is 0 Å². The van der Waals surface area contributed by atoms with Gasteiger partial charge in [-0.05, 0) is 25.1 Å². The van der Waals surface area contributed by atoms with Crippen LogP contribution in [0.2, 0.25) is 0 Å². The lowest BCUT2D eigenvalue weighted by molar-refractivity contribution is -0.138. The second-order valence-electron chi connectivity index (χ2n) is 4.31. The summed E-state index contributed by atoms with van der Waals surface area (Å²) < 4.78 is 38.4. The van der Waals surface area contributed by atoms with Gasteiger partial charge in [-0.25, -0.2) is 0 Å². The van der Waals surface area contributed by atoms with Gasteiger partial charge in [0, 0.05) is 19.0 Å². The smallest absolute Gasteiger partial charge is 0.348 e. The summed E-state index contributed by atoms with van der Waals surface area (Å²) in [5, 5.41) is 8.20. The van der Waals surface area contributed by atoms with Gasteiger partial charge in [-0.1, -0.05) is 0 Å². The molecule has 1 atom stereocenters. The Morgan fingerprint density at radius 1 is 1.40 bits per heavy atom. The Labute approximate surface area is 119 Å². The maximum Gasteiger partial charge on any atom is 0.417 e. The number of nitrogens with zero attached hydrogens (tertiary/aromatic N) is 2. The van der Waals surface area contributed by atoms with Gasteiger partial charge in [-0.3, -0.25) is 4.79 Å². The minimum Gasteiger partial charge on any atom is -0.348 e. The van der Waals surface area contributed by atoms with Crippen molar-refractivity contribution in [2.75, 3.05) is 14.1 Å². The van der Waals surface area contributed by atoms with Crippen LogP contribution in [0.1, 0.15) is 18.1 Å². The van der Waals surface area contributed by atoms with Crippen LogP contribution in [0.15, 0.2) is 23.1 Å². The van der Waals surface area contributed by atoms with Crippen LogP contribution in [0.5, 0.6) is 0 Å². The summed E-state index contributed by atoms with van der Waals surface area (Å²) in [7, 11) is 3.17. The summed E-state index contributed by atoms with van der Waals surface area (Å²) in [6, 6.07) is 4.96. The average Bonchev–Trinajstić information content (AvgIpc) is 2.36. The number of alkyl halides is 3. The first-order valence-electron chi connectivity index (χ1n) is 5.66. The van der Waals surface area contributed by atoms with Crippen molar-refractivity contribution in [1.29, 1.82) is 5.26 Å². The minimum atomic E-state index is -4.59. The van der Waals surface area contributed by atoms with Gasteiger partial charge in [0.2, 0.25) is 5.91 Å².